The lowest BCUT2D eigenvalue weighted by Gasteiger charge is -2.34. The molecule has 0 saturated carbocycles. The minimum absolute atomic E-state index is 0.254. The first kappa shape index (κ1) is 24.9. The fraction of sp³-hybridized carbons (Fsp3) is 0.296. The maximum absolute atomic E-state index is 13.8. The van der Waals surface area contributed by atoms with Crippen LogP contribution in [0, 0.1) is 5.82 Å². The molecule has 0 amide bonds. The molecule has 184 valence electrons. The molecule has 0 saturated heterocycles. The van der Waals surface area contributed by atoms with Gasteiger partial charge in [0.2, 0.25) is 0 Å². The van der Waals surface area contributed by atoms with E-state index in [0.717, 1.165) is 23.3 Å². The summed E-state index contributed by atoms with van der Waals surface area (Å²) in [5.41, 5.74) is 4.83. The summed E-state index contributed by atoms with van der Waals surface area (Å²) in [5.74, 6) is -1.35. The summed E-state index contributed by atoms with van der Waals surface area (Å²) in [4.78, 5) is 18.1. The molecule has 0 heterocycles. The fourth-order valence-corrected chi connectivity index (χ4v) is 4.59. The van der Waals surface area contributed by atoms with Crippen LogP contribution in [0.1, 0.15) is 46.3 Å². The van der Waals surface area contributed by atoms with Gasteiger partial charge in [-0.2, -0.15) is 13.2 Å². The van der Waals surface area contributed by atoms with Gasteiger partial charge in [0.15, 0.2) is 6.10 Å². The van der Waals surface area contributed by atoms with Crippen molar-refractivity contribution in [3.63, 3.8) is 0 Å². The van der Waals surface area contributed by atoms with Gasteiger partial charge in [-0.15, -0.1) is 5.48 Å². The van der Waals surface area contributed by atoms with Gasteiger partial charge in [0, 0.05) is 13.0 Å². The molecule has 2 unspecified atom stereocenters. The number of hydroxylamine groups is 1. The van der Waals surface area contributed by atoms with Crippen molar-refractivity contribution in [2.45, 2.75) is 43.5 Å². The molecule has 0 fully saturated rings. The molecule has 0 radical (unpaired) electrons. The Morgan fingerprint density at radius 1 is 1.06 bits per heavy atom. The number of alkyl halides is 3. The molecule has 1 aliphatic rings. The summed E-state index contributed by atoms with van der Waals surface area (Å²) in [6.45, 7) is 0. The Bertz CT molecular complexity index is 1170. The molecule has 3 aromatic rings. The van der Waals surface area contributed by atoms with E-state index >= 15 is 0 Å². The third-order valence-electron chi connectivity index (χ3n) is 6.29. The second-order valence-corrected chi connectivity index (χ2v) is 8.56. The number of fused-ring (bicyclic) bond motifs is 1. The lowest BCUT2D eigenvalue weighted by molar-refractivity contribution is -0.166. The van der Waals surface area contributed by atoms with Crippen LogP contribution in [-0.4, -0.2) is 19.1 Å². The summed E-state index contributed by atoms with van der Waals surface area (Å²) in [6, 6.07) is 18.1. The van der Waals surface area contributed by atoms with E-state index in [-0.39, 0.29) is 24.2 Å². The third-order valence-corrected chi connectivity index (χ3v) is 6.29. The molecule has 3 aromatic carbocycles. The zero-order valence-electron chi connectivity index (χ0n) is 19.0. The van der Waals surface area contributed by atoms with Crippen molar-refractivity contribution in [1.82, 2.24) is 5.48 Å². The van der Waals surface area contributed by atoms with Crippen molar-refractivity contribution >= 4 is 5.97 Å². The fourth-order valence-electron chi connectivity index (χ4n) is 4.59. The number of nitrogens with one attached hydrogen (secondary N) is 1. The van der Waals surface area contributed by atoms with Gasteiger partial charge < -0.3 is 9.57 Å². The van der Waals surface area contributed by atoms with Crippen LogP contribution in [0.3, 0.4) is 0 Å². The van der Waals surface area contributed by atoms with E-state index in [9.17, 15) is 22.4 Å². The highest BCUT2D eigenvalue weighted by atomic mass is 19.4. The van der Waals surface area contributed by atoms with Crippen molar-refractivity contribution in [3.8, 4) is 0 Å². The molecule has 0 bridgehead atoms. The van der Waals surface area contributed by atoms with Gasteiger partial charge in [-0.05, 0) is 59.7 Å². The third kappa shape index (κ3) is 5.89. The zero-order chi connectivity index (χ0) is 25.0. The summed E-state index contributed by atoms with van der Waals surface area (Å²) >= 11 is 0. The molecule has 0 spiro atoms. The van der Waals surface area contributed by atoms with Crippen LogP contribution in [0.25, 0.3) is 0 Å². The number of hydrogen-bond acceptors (Lipinski definition) is 4. The highest BCUT2D eigenvalue weighted by molar-refractivity contribution is 5.76. The Balaban J connectivity index is 1.56. The number of carbonyl (C=O) groups excluding carboxylic acids is 1. The van der Waals surface area contributed by atoms with Crippen molar-refractivity contribution < 1.29 is 31.9 Å². The van der Waals surface area contributed by atoms with Crippen LogP contribution in [0.4, 0.5) is 17.6 Å². The van der Waals surface area contributed by atoms with E-state index in [1.54, 1.807) is 36.4 Å². The average molecular weight is 487 g/mol. The quantitative estimate of drug-likeness (QED) is 0.332. The largest absolute Gasteiger partial charge is 0.416 e. The van der Waals surface area contributed by atoms with E-state index in [0.29, 0.717) is 24.0 Å². The van der Waals surface area contributed by atoms with Gasteiger partial charge in [0.25, 0.3) is 0 Å². The maximum atomic E-state index is 13.8. The Kier molecular flexibility index (Phi) is 7.52. The van der Waals surface area contributed by atoms with Crippen molar-refractivity contribution in [1.29, 1.82) is 0 Å². The summed E-state index contributed by atoms with van der Waals surface area (Å²) in [5, 5.41) is 0. The van der Waals surface area contributed by atoms with E-state index < -0.39 is 23.8 Å². The van der Waals surface area contributed by atoms with Crippen LogP contribution in [-0.2, 0) is 33.4 Å². The van der Waals surface area contributed by atoms with Crippen molar-refractivity contribution in [3.05, 3.63) is 106 Å². The predicted octanol–water partition coefficient (Wildman–Crippen LogP) is 5.92. The summed E-state index contributed by atoms with van der Waals surface area (Å²) < 4.78 is 58.9. The first-order valence-corrected chi connectivity index (χ1v) is 11.2. The normalized spacial score (nSPS) is 18.5. The highest BCUT2D eigenvalue weighted by Crippen LogP contribution is 2.36. The SMILES string of the molecule is CO[C@H](C(=O)ONC1CCc2cc(F)ccc2C1Cc1cccc(C(F)(F)F)c1)c1ccccc1. The molecular formula is C27H25F4NO3. The molecular weight excluding hydrogens is 462 g/mol. The maximum Gasteiger partial charge on any atom is 0.416 e. The van der Waals surface area contributed by atoms with Crippen molar-refractivity contribution in [2.75, 3.05) is 7.11 Å². The number of hydrogen-bond donors (Lipinski definition) is 1. The average Bonchev–Trinajstić information content (AvgIpc) is 2.84. The van der Waals surface area contributed by atoms with Gasteiger partial charge >= 0.3 is 12.1 Å². The number of rotatable bonds is 7. The second kappa shape index (κ2) is 10.6. The number of aryl methyl sites for hydroxylation is 1. The molecule has 0 aliphatic heterocycles. The van der Waals surface area contributed by atoms with Crippen LogP contribution in [0.2, 0.25) is 0 Å². The molecule has 4 rings (SSSR count). The molecule has 3 atom stereocenters. The monoisotopic (exact) mass is 487 g/mol. The van der Waals surface area contributed by atoms with Crippen LogP contribution >= 0.6 is 0 Å². The number of ether oxygens (including phenoxy) is 1. The first-order chi connectivity index (χ1) is 16.8. The predicted molar refractivity (Wildman–Crippen MR) is 122 cm³/mol. The van der Waals surface area contributed by atoms with Crippen molar-refractivity contribution in [2.24, 2.45) is 0 Å². The number of halogens is 4. The molecule has 1 aliphatic carbocycles. The van der Waals surface area contributed by atoms with Gasteiger partial charge in [-0.3, -0.25) is 0 Å². The summed E-state index contributed by atoms with van der Waals surface area (Å²) in [6.07, 6.45) is -4.09. The smallest absolute Gasteiger partial charge is 0.368 e. The van der Waals surface area contributed by atoms with Crippen LogP contribution < -0.4 is 5.48 Å². The van der Waals surface area contributed by atoms with E-state index in [4.69, 9.17) is 9.57 Å². The standard InChI is InChI=1S/C27H25F4NO3/c1-34-25(18-7-3-2-4-8-18)26(33)35-32-24-13-10-19-16-21(28)11-12-22(19)23(24)15-17-6-5-9-20(14-17)27(29,30)31/h2-9,11-12,14,16,23-25,32H,10,13,15H2,1H3/t23?,24?,25-/m0/s1. The molecule has 8 heteroatoms. The van der Waals surface area contributed by atoms with Crippen LogP contribution in [0.5, 0.6) is 0 Å². The molecule has 1 N–H and O–H groups in total. The van der Waals surface area contributed by atoms with Gasteiger partial charge in [0.05, 0.1) is 11.6 Å². The zero-order valence-corrected chi connectivity index (χ0v) is 19.0. The topological polar surface area (TPSA) is 47.6 Å². The number of benzene rings is 3. The minimum atomic E-state index is -4.45. The summed E-state index contributed by atoms with van der Waals surface area (Å²) in [7, 11) is 1.40. The number of carbonyl (C=O) groups is 1. The Labute approximate surface area is 200 Å². The van der Waals surface area contributed by atoms with E-state index in [1.807, 2.05) is 6.07 Å². The van der Waals surface area contributed by atoms with Gasteiger partial charge in [0.1, 0.15) is 5.82 Å². The Hall–Kier alpha value is -3.23. The van der Waals surface area contributed by atoms with E-state index in [2.05, 4.69) is 5.48 Å². The second-order valence-electron chi connectivity index (χ2n) is 8.56. The lowest BCUT2D eigenvalue weighted by atomic mass is 9.76. The Morgan fingerprint density at radius 3 is 2.54 bits per heavy atom. The number of methoxy groups -OCH3 is 1. The van der Waals surface area contributed by atoms with Gasteiger partial charge in [-0.1, -0.05) is 54.6 Å². The molecule has 35 heavy (non-hydrogen) atoms. The van der Waals surface area contributed by atoms with Gasteiger partial charge in [-0.25, -0.2) is 9.18 Å². The Morgan fingerprint density at radius 2 is 1.83 bits per heavy atom. The molecule has 0 aromatic heterocycles. The first-order valence-electron chi connectivity index (χ1n) is 11.2. The van der Waals surface area contributed by atoms with Crippen LogP contribution in [0.15, 0.2) is 72.8 Å². The van der Waals surface area contributed by atoms with E-state index in [1.165, 1.54) is 25.3 Å². The minimum Gasteiger partial charge on any atom is -0.368 e. The molecule has 4 nitrogen and oxygen atoms in total. The lowest BCUT2D eigenvalue weighted by Crippen LogP contribution is -2.41. The highest BCUT2D eigenvalue weighted by Gasteiger charge is 2.34.